The molecule has 4 nitrogen and oxygen atoms in total. The summed E-state index contributed by atoms with van der Waals surface area (Å²) in [7, 11) is 0. The lowest BCUT2D eigenvalue weighted by atomic mass is 9.99. The van der Waals surface area contributed by atoms with Crippen molar-refractivity contribution in [3.05, 3.63) is 42.1 Å². The van der Waals surface area contributed by atoms with Crippen LogP contribution in [0.15, 0.2) is 36.5 Å². The maximum absolute atomic E-state index is 12.0. The van der Waals surface area contributed by atoms with Gasteiger partial charge in [0.05, 0.1) is 12.2 Å². The van der Waals surface area contributed by atoms with E-state index in [0.29, 0.717) is 12.2 Å². The van der Waals surface area contributed by atoms with Gasteiger partial charge in [0.25, 0.3) is 0 Å². The number of hydrogen-bond acceptors (Lipinski definition) is 4. The van der Waals surface area contributed by atoms with E-state index < -0.39 is 6.04 Å². The van der Waals surface area contributed by atoms with E-state index in [1.807, 2.05) is 44.2 Å². The van der Waals surface area contributed by atoms with Crippen molar-refractivity contribution in [3.8, 4) is 6.07 Å². The first-order chi connectivity index (χ1) is 10.1. The lowest BCUT2D eigenvalue weighted by molar-refractivity contribution is -0.146. The first-order valence-electron chi connectivity index (χ1n) is 7.22. The van der Waals surface area contributed by atoms with Crippen molar-refractivity contribution < 1.29 is 9.53 Å². The van der Waals surface area contributed by atoms with E-state index in [2.05, 4.69) is 11.4 Å². The molecule has 21 heavy (non-hydrogen) atoms. The van der Waals surface area contributed by atoms with E-state index in [1.165, 1.54) is 0 Å². The SMILES string of the molecule is CCOC(=O)[C@@H](N/C=C(\C#N)c1ccccc1)[C@@H](C)CC. The molecule has 0 saturated heterocycles. The zero-order valence-corrected chi connectivity index (χ0v) is 12.8. The Bertz CT molecular complexity index is 517. The molecule has 1 rings (SSSR count). The first kappa shape index (κ1) is 16.8. The molecule has 0 spiro atoms. The molecule has 0 unspecified atom stereocenters. The van der Waals surface area contributed by atoms with Crippen LogP contribution in [0.3, 0.4) is 0 Å². The minimum atomic E-state index is -0.443. The standard InChI is InChI=1S/C17H22N2O2/c1-4-13(3)16(17(20)21-5-2)19-12-15(11-18)14-9-7-6-8-10-14/h6-10,12-13,16,19H,4-5H2,1-3H3/b15-12+/t13-,16-/m0/s1. The molecule has 2 atom stereocenters. The largest absolute Gasteiger partial charge is 0.464 e. The van der Waals surface area contributed by atoms with Gasteiger partial charge < -0.3 is 10.1 Å². The lowest BCUT2D eigenvalue weighted by Gasteiger charge is -2.21. The zero-order chi connectivity index (χ0) is 15.7. The van der Waals surface area contributed by atoms with E-state index in [4.69, 9.17) is 4.74 Å². The van der Waals surface area contributed by atoms with Crippen LogP contribution < -0.4 is 5.32 Å². The second-order valence-electron chi connectivity index (χ2n) is 4.82. The number of allylic oxidation sites excluding steroid dienone is 1. The summed E-state index contributed by atoms with van der Waals surface area (Å²) in [5.41, 5.74) is 1.31. The highest BCUT2D eigenvalue weighted by Crippen LogP contribution is 2.14. The molecule has 1 aromatic carbocycles. The van der Waals surface area contributed by atoms with Crippen LogP contribution in [-0.2, 0) is 9.53 Å². The van der Waals surface area contributed by atoms with E-state index in [-0.39, 0.29) is 11.9 Å². The maximum Gasteiger partial charge on any atom is 0.328 e. The minimum Gasteiger partial charge on any atom is -0.464 e. The molecule has 0 radical (unpaired) electrons. The molecule has 0 fully saturated rings. The van der Waals surface area contributed by atoms with Crippen molar-refractivity contribution in [2.24, 2.45) is 5.92 Å². The van der Waals surface area contributed by atoms with Gasteiger partial charge >= 0.3 is 5.97 Å². The molecule has 112 valence electrons. The summed E-state index contributed by atoms with van der Waals surface area (Å²) in [6.45, 7) is 6.13. The summed E-state index contributed by atoms with van der Waals surface area (Å²) in [4.78, 5) is 12.0. The van der Waals surface area contributed by atoms with E-state index in [9.17, 15) is 10.1 Å². The van der Waals surface area contributed by atoms with Crippen molar-refractivity contribution in [2.45, 2.75) is 33.2 Å². The molecule has 0 amide bonds. The third-order valence-electron chi connectivity index (χ3n) is 3.37. The van der Waals surface area contributed by atoms with Gasteiger partial charge in [-0.15, -0.1) is 0 Å². The Labute approximate surface area is 126 Å². The van der Waals surface area contributed by atoms with Crippen molar-refractivity contribution in [2.75, 3.05) is 6.61 Å². The number of hydrogen-bond donors (Lipinski definition) is 1. The summed E-state index contributed by atoms with van der Waals surface area (Å²) in [5, 5.41) is 12.3. The number of nitrogens with zero attached hydrogens (tertiary/aromatic N) is 1. The summed E-state index contributed by atoms with van der Waals surface area (Å²) in [6, 6.07) is 11.1. The molecule has 0 aliphatic carbocycles. The Kier molecular flexibility index (Phi) is 7.03. The fourth-order valence-corrected chi connectivity index (χ4v) is 1.90. The van der Waals surface area contributed by atoms with Gasteiger partial charge in [-0.25, -0.2) is 4.79 Å². The predicted molar refractivity (Wildman–Crippen MR) is 83.0 cm³/mol. The quantitative estimate of drug-likeness (QED) is 0.618. The third kappa shape index (κ3) is 4.96. The Morgan fingerprint density at radius 1 is 1.38 bits per heavy atom. The van der Waals surface area contributed by atoms with Crippen LogP contribution in [0.5, 0.6) is 0 Å². The molecule has 0 aliphatic heterocycles. The number of benzene rings is 1. The van der Waals surface area contributed by atoms with Crippen LogP contribution in [0.1, 0.15) is 32.8 Å². The topological polar surface area (TPSA) is 62.1 Å². The van der Waals surface area contributed by atoms with Gasteiger partial charge in [-0.1, -0.05) is 50.6 Å². The molecule has 0 heterocycles. The molecular formula is C17H22N2O2. The van der Waals surface area contributed by atoms with Gasteiger partial charge in [0.2, 0.25) is 0 Å². The summed E-state index contributed by atoms with van der Waals surface area (Å²) < 4.78 is 5.09. The fourth-order valence-electron chi connectivity index (χ4n) is 1.90. The highest BCUT2D eigenvalue weighted by molar-refractivity contribution is 5.79. The number of carbonyl (C=O) groups is 1. The first-order valence-corrected chi connectivity index (χ1v) is 7.22. The Balaban J connectivity index is 2.90. The third-order valence-corrected chi connectivity index (χ3v) is 3.37. The lowest BCUT2D eigenvalue weighted by Crippen LogP contribution is -2.40. The van der Waals surface area contributed by atoms with Gasteiger partial charge in [-0.2, -0.15) is 5.26 Å². The number of ether oxygens (including phenoxy) is 1. The molecule has 0 bridgehead atoms. The molecule has 1 aromatic rings. The Hall–Kier alpha value is -2.28. The second kappa shape index (κ2) is 8.80. The van der Waals surface area contributed by atoms with Crippen LogP contribution in [0, 0.1) is 17.2 Å². The second-order valence-corrected chi connectivity index (χ2v) is 4.82. The maximum atomic E-state index is 12.0. The molecule has 4 heteroatoms. The van der Waals surface area contributed by atoms with Crippen LogP contribution in [0.25, 0.3) is 5.57 Å². The van der Waals surface area contributed by atoms with Gasteiger partial charge in [0.1, 0.15) is 12.1 Å². The van der Waals surface area contributed by atoms with Crippen LogP contribution >= 0.6 is 0 Å². The predicted octanol–water partition coefficient (Wildman–Crippen LogP) is 3.12. The Morgan fingerprint density at radius 2 is 2.05 bits per heavy atom. The van der Waals surface area contributed by atoms with Gasteiger partial charge in [-0.3, -0.25) is 0 Å². The molecule has 0 aromatic heterocycles. The Morgan fingerprint density at radius 3 is 2.57 bits per heavy atom. The molecule has 0 aliphatic rings. The van der Waals surface area contributed by atoms with Crippen molar-refractivity contribution in [1.82, 2.24) is 5.32 Å². The van der Waals surface area contributed by atoms with Crippen molar-refractivity contribution in [1.29, 1.82) is 5.26 Å². The molecular weight excluding hydrogens is 264 g/mol. The number of carbonyl (C=O) groups excluding carboxylic acids is 1. The average Bonchev–Trinajstić information content (AvgIpc) is 2.52. The monoisotopic (exact) mass is 286 g/mol. The van der Waals surface area contributed by atoms with Gasteiger partial charge in [-0.05, 0) is 18.4 Å². The van der Waals surface area contributed by atoms with Crippen LogP contribution in [0.4, 0.5) is 0 Å². The normalized spacial score (nSPS) is 13.9. The fraction of sp³-hybridized carbons (Fsp3) is 0.412. The molecule has 0 saturated carbocycles. The van der Waals surface area contributed by atoms with Gasteiger partial charge in [0.15, 0.2) is 0 Å². The van der Waals surface area contributed by atoms with E-state index in [0.717, 1.165) is 12.0 Å². The summed E-state index contributed by atoms with van der Waals surface area (Å²) in [5.74, 6) is -0.163. The number of rotatable bonds is 7. The van der Waals surface area contributed by atoms with E-state index >= 15 is 0 Å². The zero-order valence-electron chi connectivity index (χ0n) is 12.8. The minimum absolute atomic E-state index is 0.121. The molecule has 1 N–H and O–H groups in total. The van der Waals surface area contributed by atoms with Crippen molar-refractivity contribution >= 4 is 11.5 Å². The smallest absolute Gasteiger partial charge is 0.328 e. The van der Waals surface area contributed by atoms with E-state index in [1.54, 1.807) is 13.1 Å². The van der Waals surface area contributed by atoms with Crippen molar-refractivity contribution in [3.63, 3.8) is 0 Å². The number of esters is 1. The van der Waals surface area contributed by atoms with Crippen LogP contribution in [-0.4, -0.2) is 18.6 Å². The number of nitrogens with one attached hydrogen (secondary N) is 1. The van der Waals surface area contributed by atoms with Gasteiger partial charge in [0, 0.05) is 6.20 Å². The average molecular weight is 286 g/mol. The van der Waals surface area contributed by atoms with Crippen LogP contribution in [0.2, 0.25) is 0 Å². The summed E-state index contributed by atoms with van der Waals surface area (Å²) >= 11 is 0. The highest BCUT2D eigenvalue weighted by Gasteiger charge is 2.24. The number of nitriles is 1. The summed E-state index contributed by atoms with van der Waals surface area (Å²) in [6.07, 6.45) is 2.45. The highest BCUT2D eigenvalue weighted by atomic mass is 16.5.